The minimum Gasteiger partial charge on any atom is -0.382 e. The summed E-state index contributed by atoms with van der Waals surface area (Å²) in [6.45, 7) is 2.08. The van der Waals surface area contributed by atoms with Crippen LogP contribution in [0, 0.1) is 6.92 Å². The van der Waals surface area contributed by atoms with Gasteiger partial charge in [0.25, 0.3) is 0 Å². The molecular formula is C15H13NO. The minimum atomic E-state index is 0.871. The molecule has 0 bridgehead atoms. The summed E-state index contributed by atoms with van der Waals surface area (Å²) >= 11 is 0. The number of hydrogen-bond donors (Lipinski definition) is 1. The fourth-order valence-electron chi connectivity index (χ4n) is 1.93. The Balaban J connectivity index is 2.05. The van der Waals surface area contributed by atoms with Crippen molar-refractivity contribution < 1.29 is 4.84 Å². The highest BCUT2D eigenvalue weighted by molar-refractivity contribution is 5.83. The van der Waals surface area contributed by atoms with Gasteiger partial charge in [-0.05, 0) is 25.1 Å². The highest BCUT2D eigenvalue weighted by Crippen LogP contribution is 2.28. The second-order valence-electron chi connectivity index (χ2n) is 4.17. The first-order valence-electron chi connectivity index (χ1n) is 5.63. The Morgan fingerprint density at radius 3 is 2.65 bits per heavy atom. The van der Waals surface area contributed by atoms with E-state index in [1.165, 1.54) is 5.56 Å². The first kappa shape index (κ1) is 9.97. The molecule has 0 saturated carbocycles. The lowest BCUT2D eigenvalue weighted by Gasteiger charge is -2.19. The highest BCUT2D eigenvalue weighted by Gasteiger charge is 2.12. The van der Waals surface area contributed by atoms with Crippen molar-refractivity contribution in [2.75, 3.05) is 0 Å². The van der Waals surface area contributed by atoms with Gasteiger partial charge in [0.05, 0.1) is 5.70 Å². The lowest BCUT2D eigenvalue weighted by atomic mass is 10.1. The maximum absolute atomic E-state index is 5.53. The Morgan fingerprint density at radius 2 is 1.82 bits per heavy atom. The van der Waals surface area contributed by atoms with E-state index in [1.807, 2.05) is 30.3 Å². The van der Waals surface area contributed by atoms with Gasteiger partial charge in [-0.15, -0.1) is 0 Å². The molecule has 0 aromatic heterocycles. The summed E-state index contributed by atoms with van der Waals surface area (Å²) < 4.78 is 0. The largest absolute Gasteiger partial charge is 0.382 e. The minimum absolute atomic E-state index is 0.871. The van der Waals surface area contributed by atoms with Crippen LogP contribution in [0.5, 0.6) is 5.75 Å². The van der Waals surface area contributed by atoms with Gasteiger partial charge >= 0.3 is 0 Å². The van der Waals surface area contributed by atoms with Gasteiger partial charge in [0.15, 0.2) is 5.75 Å². The Morgan fingerprint density at radius 1 is 1.00 bits per heavy atom. The Kier molecular flexibility index (Phi) is 2.33. The van der Waals surface area contributed by atoms with Crippen molar-refractivity contribution in [1.29, 1.82) is 0 Å². The maximum atomic E-state index is 5.53. The third-order valence-corrected chi connectivity index (χ3v) is 2.82. The van der Waals surface area contributed by atoms with Crippen LogP contribution in [-0.4, -0.2) is 0 Å². The molecule has 2 aromatic rings. The molecule has 1 aliphatic heterocycles. The molecule has 0 amide bonds. The van der Waals surface area contributed by atoms with Crippen LogP contribution in [-0.2, 0) is 0 Å². The van der Waals surface area contributed by atoms with Crippen molar-refractivity contribution >= 4 is 11.8 Å². The van der Waals surface area contributed by atoms with E-state index in [4.69, 9.17) is 4.84 Å². The van der Waals surface area contributed by atoms with Crippen LogP contribution in [0.15, 0.2) is 48.5 Å². The van der Waals surface area contributed by atoms with Crippen molar-refractivity contribution in [2.24, 2.45) is 0 Å². The topological polar surface area (TPSA) is 21.3 Å². The van der Waals surface area contributed by atoms with Crippen LogP contribution in [0.25, 0.3) is 11.8 Å². The molecule has 17 heavy (non-hydrogen) atoms. The number of aryl methyl sites for hydroxylation is 1. The van der Waals surface area contributed by atoms with Crippen LogP contribution < -0.4 is 10.3 Å². The SMILES string of the molecule is Cc1ccc2c(c1)C=C(c1ccccc1)NO2. The van der Waals surface area contributed by atoms with Crippen molar-refractivity contribution in [1.82, 2.24) is 5.48 Å². The van der Waals surface area contributed by atoms with Gasteiger partial charge in [-0.3, -0.25) is 0 Å². The molecule has 2 heteroatoms. The second-order valence-corrected chi connectivity index (χ2v) is 4.17. The standard InChI is InChI=1S/C15H13NO/c1-11-7-8-15-13(9-11)10-14(16-17-15)12-5-3-2-4-6-12/h2-10,16H,1H3. The first-order valence-corrected chi connectivity index (χ1v) is 5.63. The fraction of sp³-hybridized carbons (Fsp3) is 0.0667. The van der Waals surface area contributed by atoms with Gasteiger partial charge in [-0.2, -0.15) is 0 Å². The van der Waals surface area contributed by atoms with Crippen LogP contribution in [0.2, 0.25) is 0 Å². The number of hydroxylamine groups is 1. The van der Waals surface area contributed by atoms with Gasteiger partial charge in [0.1, 0.15) is 0 Å². The molecule has 3 rings (SSSR count). The number of benzene rings is 2. The number of rotatable bonds is 1. The van der Waals surface area contributed by atoms with E-state index < -0.39 is 0 Å². The maximum Gasteiger partial charge on any atom is 0.162 e. The van der Waals surface area contributed by atoms with Gasteiger partial charge in [0.2, 0.25) is 0 Å². The van der Waals surface area contributed by atoms with Gasteiger partial charge in [0, 0.05) is 11.1 Å². The summed E-state index contributed by atoms with van der Waals surface area (Å²) in [7, 11) is 0. The predicted molar refractivity (Wildman–Crippen MR) is 69.3 cm³/mol. The third kappa shape index (κ3) is 1.89. The third-order valence-electron chi connectivity index (χ3n) is 2.82. The molecule has 0 radical (unpaired) electrons. The van der Waals surface area contributed by atoms with E-state index >= 15 is 0 Å². The molecule has 2 aromatic carbocycles. The highest BCUT2D eigenvalue weighted by atomic mass is 16.6. The average molecular weight is 223 g/mol. The monoisotopic (exact) mass is 223 g/mol. The summed E-state index contributed by atoms with van der Waals surface area (Å²) in [6.07, 6.45) is 2.11. The van der Waals surface area contributed by atoms with E-state index in [2.05, 4.69) is 36.7 Å². The van der Waals surface area contributed by atoms with E-state index in [1.54, 1.807) is 0 Å². The zero-order valence-corrected chi connectivity index (χ0v) is 9.60. The zero-order valence-electron chi connectivity index (χ0n) is 9.60. The summed E-state index contributed by atoms with van der Waals surface area (Å²) in [5.74, 6) is 0.871. The smallest absolute Gasteiger partial charge is 0.162 e. The van der Waals surface area contributed by atoms with Crippen molar-refractivity contribution in [3.8, 4) is 5.75 Å². The lowest BCUT2D eigenvalue weighted by molar-refractivity contribution is 0.249. The molecule has 84 valence electrons. The van der Waals surface area contributed by atoms with E-state index in [-0.39, 0.29) is 0 Å². The normalized spacial score (nSPS) is 13.1. The van der Waals surface area contributed by atoms with Crippen LogP contribution >= 0.6 is 0 Å². The summed E-state index contributed by atoms with van der Waals surface area (Å²) in [4.78, 5) is 5.53. The molecular weight excluding hydrogens is 210 g/mol. The summed E-state index contributed by atoms with van der Waals surface area (Å²) in [5.41, 5.74) is 7.43. The summed E-state index contributed by atoms with van der Waals surface area (Å²) in [5, 5.41) is 0. The Bertz CT molecular complexity index is 573. The fourth-order valence-corrected chi connectivity index (χ4v) is 1.93. The molecule has 1 aliphatic rings. The average Bonchev–Trinajstić information content (AvgIpc) is 2.39. The van der Waals surface area contributed by atoms with Crippen LogP contribution in [0.3, 0.4) is 0 Å². The Hall–Kier alpha value is -2.22. The molecule has 2 nitrogen and oxygen atoms in total. The number of nitrogens with one attached hydrogen (secondary N) is 1. The van der Waals surface area contributed by atoms with Crippen LogP contribution in [0.1, 0.15) is 16.7 Å². The van der Waals surface area contributed by atoms with E-state index in [0.717, 1.165) is 22.6 Å². The first-order chi connectivity index (χ1) is 8.33. The van der Waals surface area contributed by atoms with Gasteiger partial charge in [-0.1, -0.05) is 42.0 Å². The molecule has 0 unspecified atom stereocenters. The lowest BCUT2D eigenvalue weighted by Crippen LogP contribution is -2.20. The molecule has 0 fully saturated rings. The second kappa shape index (κ2) is 3.98. The van der Waals surface area contributed by atoms with Gasteiger partial charge < -0.3 is 4.84 Å². The zero-order chi connectivity index (χ0) is 11.7. The van der Waals surface area contributed by atoms with Crippen molar-refractivity contribution in [3.63, 3.8) is 0 Å². The molecule has 1 N–H and O–H groups in total. The Labute approximate surface area is 101 Å². The molecule has 0 saturated heterocycles. The molecule has 1 heterocycles. The van der Waals surface area contributed by atoms with Crippen molar-refractivity contribution in [3.05, 3.63) is 65.2 Å². The van der Waals surface area contributed by atoms with Gasteiger partial charge in [-0.25, -0.2) is 5.48 Å². The predicted octanol–water partition coefficient (Wildman–Crippen LogP) is 3.39. The van der Waals surface area contributed by atoms with E-state index in [9.17, 15) is 0 Å². The molecule has 0 atom stereocenters. The van der Waals surface area contributed by atoms with E-state index in [0.29, 0.717) is 0 Å². The molecule has 0 spiro atoms. The number of hydrogen-bond acceptors (Lipinski definition) is 2. The molecule has 0 aliphatic carbocycles. The van der Waals surface area contributed by atoms with Crippen molar-refractivity contribution in [2.45, 2.75) is 6.92 Å². The quantitative estimate of drug-likeness (QED) is 0.800. The number of fused-ring (bicyclic) bond motifs is 1. The van der Waals surface area contributed by atoms with Crippen LogP contribution in [0.4, 0.5) is 0 Å². The summed E-state index contributed by atoms with van der Waals surface area (Å²) in [6, 6.07) is 16.3.